The first-order valence-corrected chi connectivity index (χ1v) is 13.4. The van der Waals surface area contributed by atoms with Crippen LogP contribution in [-0.4, -0.2) is 39.1 Å². The summed E-state index contributed by atoms with van der Waals surface area (Å²) in [5.74, 6) is 2.13. The van der Waals surface area contributed by atoms with Gasteiger partial charge in [-0.3, -0.25) is 9.36 Å². The molecule has 1 aliphatic heterocycles. The van der Waals surface area contributed by atoms with Crippen LogP contribution in [-0.2, 0) is 28.9 Å². The Morgan fingerprint density at radius 2 is 2.29 bits per heavy atom. The maximum Gasteiger partial charge on any atom is 0.235 e. The molecule has 1 fully saturated rings. The standard InChI is InChI=1S/C24H27N5O3S2/c1-14-5-6-18-19(11-25)23(34-20(18)10-14)26-21(30)13-33-24-28-27-22(17-7-9-31-15(17)2)29(24)12-16-4-3-8-32-16/h7,9,14,16H,3-6,8,10,12-13H2,1-2H3,(H,26,30). The summed E-state index contributed by atoms with van der Waals surface area (Å²) in [6, 6.07) is 4.20. The summed E-state index contributed by atoms with van der Waals surface area (Å²) in [4.78, 5) is 14.1. The first kappa shape index (κ1) is 23.1. The molecule has 0 spiro atoms. The summed E-state index contributed by atoms with van der Waals surface area (Å²) in [6.07, 6.45) is 6.75. The number of carbonyl (C=O) groups excluding carboxylic acids is 1. The normalized spacial score (nSPS) is 19.7. The van der Waals surface area contributed by atoms with Gasteiger partial charge in [-0.05, 0) is 56.6 Å². The fourth-order valence-corrected chi connectivity index (χ4v) is 6.74. The number of rotatable bonds is 7. The molecule has 1 saturated heterocycles. The number of thiophene rings is 1. The van der Waals surface area contributed by atoms with Gasteiger partial charge in [-0.2, -0.15) is 5.26 Å². The van der Waals surface area contributed by atoms with Crippen LogP contribution in [0.15, 0.2) is 21.9 Å². The van der Waals surface area contributed by atoms with Crippen molar-refractivity contribution in [2.24, 2.45) is 5.92 Å². The van der Waals surface area contributed by atoms with Gasteiger partial charge in [0, 0.05) is 11.5 Å². The zero-order chi connectivity index (χ0) is 23.7. The predicted molar refractivity (Wildman–Crippen MR) is 131 cm³/mol. The van der Waals surface area contributed by atoms with Crippen molar-refractivity contribution in [1.82, 2.24) is 14.8 Å². The van der Waals surface area contributed by atoms with E-state index in [4.69, 9.17) is 9.15 Å². The number of furan rings is 1. The van der Waals surface area contributed by atoms with E-state index in [1.54, 1.807) is 17.6 Å². The quantitative estimate of drug-likeness (QED) is 0.467. The smallest absolute Gasteiger partial charge is 0.235 e. The Bertz CT molecular complexity index is 1230. The van der Waals surface area contributed by atoms with E-state index in [1.165, 1.54) is 16.6 Å². The summed E-state index contributed by atoms with van der Waals surface area (Å²) in [5, 5.41) is 22.8. The van der Waals surface area contributed by atoms with Gasteiger partial charge < -0.3 is 14.5 Å². The van der Waals surface area contributed by atoms with E-state index in [0.717, 1.165) is 61.4 Å². The van der Waals surface area contributed by atoms with Gasteiger partial charge in [-0.1, -0.05) is 18.7 Å². The van der Waals surface area contributed by atoms with Gasteiger partial charge in [0.2, 0.25) is 5.91 Å². The lowest BCUT2D eigenvalue weighted by Crippen LogP contribution is -2.18. The lowest BCUT2D eigenvalue weighted by atomic mass is 9.89. The molecule has 4 heterocycles. The average molecular weight is 498 g/mol. The first-order valence-electron chi connectivity index (χ1n) is 11.6. The molecular weight excluding hydrogens is 470 g/mol. The van der Waals surface area contributed by atoms with E-state index < -0.39 is 0 Å². The van der Waals surface area contributed by atoms with Crippen LogP contribution in [0.5, 0.6) is 0 Å². The Kier molecular flexibility index (Phi) is 6.77. The Hall–Kier alpha value is -2.61. The molecule has 10 heteroatoms. The zero-order valence-electron chi connectivity index (χ0n) is 19.3. The molecule has 0 saturated carbocycles. The van der Waals surface area contributed by atoms with E-state index in [0.29, 0.717) is 28.2 Å². The molecule has 8 nitrogen and oxygen atoms in total. The average Bonchev–Trinajstić information content (AvgIpc) is 3.60. The highest BCUT2D eigenvalue weighted by atomic mass is 32.2. The Balaban J connectivity index is 1.31. The van der Waals surface area contributed by atoms with Crippen molar-refractivity contribution in [2.45, 2.75) is 63.8 Å². The number of thioether (sulfide) groups is 1. The Morgan fingerprint density at radius 3 is 3.03 bits per heavy atom. The van der Waals surface area contributed by atoms with Crippen LogP contribution in [0.2, 0.25) is 0 Å². The molecule has 2 unspecified atom stereocenters. The highest BCUT2D eigenvalue weighted by Crippen LogP contribution is 2.39. The number of aromatic nitrogens is 3. The van der Waals surface area contributed by atoms with Crippen LogP contribution in [0, 0.1) is 24.2 Å². The third-order valence-corrected chi connectivity index (χ3v) is 8.57. The Labute approximate surface area is 206 Å². The Morgan fingerprint density at radius 1 is 1.41 bits per heavy atom. The van der Waals surface area contributed by atoms with Gasteiger partial charge in [0.1, 0.15) is 16.8 Å². The number of nitrogens with one attached hydrogen (secondary N) is 1. The number of nitrogens with zero attached hydrogens (tertiary/aromatic N) is 4. The van der Waals surface area contributed by atoms with Crippen molar-refractivity contribution in [3.05, 3.63) is 34.1 Å². The zero-order valence-corrected chi connectivity index (χ0v) is 20.9. The number of anilines is 1. The second-order valence-corrected chi connectivity index (χ2v) is 11.0. The van der Waals surface area contributed by atoms with Crippen LogP contribution in [0.1, 0.15) is 48.0 Å². The van der Waals surface area contributed by atoms with Crippen LogP contribution in [0.3, 0.4) is 0 Å². The van der Waals surface area contributed by atoms with Gasteiger partial charge in [-0.25, -0.2) is 0 Å². The third-order valence-electron chi connectivity index (χ3n) is 6.44. The summed E-state index contributed by atoms with van der Waals surface area (Å²) in [5.41, 5.74) is 2.63. The molecule has 1 N–H and O–H groups in total. The van der Waals surface area contributed by atoms with Crippen LogP contribution < -0.4 is 5.32 Å². The van der Waals surface area contributed by atoms with Gasteiger partial charge in [0.15, 0.2) is 11.0 Å². The largest absolute Gasteiger partial charge is 0.469 e. The molecule has 5 rings (SSSR count). The molecule has 0 radical (unpaired) electrons. The minimum atomic E-state index is -0.152. The maximum absolute atomic E-state index is 12.8. The highest BCUT2D eigenvalue weighted by Gasteiger charge is 2.26. The molecule has 0 bridgehead atoms. The van der Waals surface area contributed by atoms with E-state index in [9.17, 15) is 10.1 Å². The fourth-order valence-electron chi connectivity index (χ4n) is 4.62. The number of hydrogen-bond donors (Lipinski definition) is 1. The number of nitriles is 1. The summed E-state index contributed by atoms with van der Waals surface area (Å²) < 4.78 is 13.3. The molecule has 3 aromatic rings. The topological polar surface area (TPSA) is 106 Å². The van der Waals surface area contributed by atoms with Crippen LogP contribution >= 0.6 is 23.1 Å². The van der Waals surface area contributed by atoms with E-state index in [2.05, 4.69) is 28.5 Å². The van der Waals surface area contributed by atoms with Crippen LogP contribution in [0.25, 0.3) is 11.4 Å². The molecular formula is C24H27N5O3S2. The van der Waals surface area contributed by atoms with Crippen molar-refractivity contribution in [3.8, 4) is 17.5 Å². The molecule has 34 heavy (non-hydrogen) atoms. The summed E-state index contributed by atoms with van der Waals surface area (Å²) in [7, 11) is 0. The lowest BCUT2D eigenvalue weighted by molar-refractivity contribution is -0.113. The number of ether oxygens (including phenoxy) is 1. The van der Waals surface area contributed by atoms with Crippen LogP contribution in [0.4, 0.5) is 5.00 Å². The minimum Gasteiger partial charge on any atom is -0.469 e. The van der Waals surface area contributed by atoms with Gasteiger partial charge in [0.25, 0.3) is 0 Å². The number of amides is 1. The first-order chi connectivity index (χ1) is 16.5. The SMILES string of the molecule is Cc1occc1-c1nnc(SCC(=O)Nc2sc3c(c2C#N)CCC(C)C3)n1CC1CCCO1. The molecule has 2 aliphatic rings. The minimum absolute atomic E-state index is 0.105. The maximum atomic E-state index is 12.8. The van der Waals surface area contributed by atoms with Crippen molar-refractivity contribution in [1.29, 1.82) is 5.26 Å². The fraction of sp³-hybridized carbons (Fsp3) is 0.500. The van der Waals surface area contributed by atoms with E-state index in [-0.39, 0.29) is 17.8 Å². The number of hydrogen-bond acceptors (Lipinski definition) is 8. The van der Waals surface area contributed by atoms with Gasteiger partial charge in [0.05, 0.1) is 35.8 Å². The molecule has 178 valence electrons. The number of fused-ring (bicyclic) bond motifs is 1. The van der Waals surface area contributed by atoms with Crippen molar-refractivity contribution in [3.63, 3.8) is 0 Å². The van der Waals surface area contributed by atoms with Gasteiger partial charge >= 0.3 is 0 Å². The van der Waals surface area contributed by atoms with E-state index in [1.807, 2.05) is 17.6 Å². The summed E-state index contributed by atoms with van der Waals surface area (Å²) in [6.45, 7) is 5.53. The third kappa shape index (κ3) is 4.65. The molecule has 1 amide bonds. The van der Waals surface area contributed by atoms with Crippen molar-refractivity contribution in [2.75, 3.05) is 17.7 Å². The highest BCUT2D eigenvalue weighted by molar-refractivity contribution is 7.99. The number of carbonyl (C=O) groups is 1. The summed E-state index contributed by atoms with van der Waals surface area (Å²) >= 11 is 2.89. The molecule has 2 atom stereocenters. The van der Waals surface area contributed by atoms with Crippen molar-refractivity contribution >= 4 is 34.0 Å². The molecule has 0 aromatic carbocycles. The predicted octanol–water partition coefficient (Wildman–Crippen LogP) is 4.81. The van der Waals surface area contributed by atoms with Gasteiger partial charge in [-0.15, -0.1) is 21.5 Å². The molecule has 1 aliphatic carbocycles. The van der Waals surface area contributed by atoms with E-state index >= 15 is 0 Å². The lowest BCUT2D eigenvalue weighted by Gasteiger charge is -2.17. The second kappa shape index (κ2) is 9.94. The second-order valence-electron chi connectivity index (χ2n) is 8.95. The number of aryl methyl sites for hydroxylation is 1. The molecule has 3 aromatic heterocycles. The monoisotopic (exact) mass is 497 g/mol. The van der Waals surface area contributed by atoms with Crippen molar-refractivity contribution < 1.29 is 13.9 Å².